The second-order valence-corrected chi connectivity index (χ2v) is 1.71. The summed E-state index contributed by atoms with van der Waals surface area (Å²) in [6, 6.07) is 0. The number of nitrogens with zero attached hydrogens (tertiary/aromatic N) is 1. The smallest absolute Gasteiger partial charge is 0.256 e. The predicted octanol–water partition coefficient (Wildman–Crippen LogP) is 0.430. The first-order valence-electron chi connectivity index (χ1n) is 1.28. The van der Waals surface area contributed by atoms with E-state index in [9.17, 15) is 4.79 Å². The first-order chi connectivity index (χ1) is 2.64. The van der Waals surface area contributed by atoms with E-state index in [1.807, 2.05) is 0 Å². The third kappa shape index (κ3) is 2.41. The molecule has 0 N–H and O–H groups in total. The van der Waals surface area contributed by atoms with E-state index in [-0.39, 0.29) is 0 Å². The normalized spacial score (nSPS) is 7.83. The summed E-state index contributed by atoms with van der Waals surface area (Å²) in [5.74, 6) is 0. The molecule has 2 nitrogen and oxygen atoms in total. The van der Waals surface area contributed by atoms with Crippen LogP contribution in [0.3, 0.4) is 0 Å². The minimum Gasteiger partial charge on any atom is -0.664 e. The minimum absolute atomic E-state index is 0.398. The van der Waals surface area contributed by atoms with E-state index < -0.39 is 5.24 Å². The van der Waals surface area contributed by atoms with Gasteiger partial charge in [-0.25, -0.2) is 0 Å². The van der Waals surface area contributed by atoms with Gasteiger partial charge in [0.15, 0.2) is 0 Å². The van der Waals surface area contributed by atoms with Gasteiger partial charge in [0.25, 0.3) is 5.24 Å². The predicted molar refractivity (Wildman–Crippen MR) is 29.5 cm³/mol. The van der Waals surface area contributed by atoms with Crippen LogP contribution in [0.1, 0.15) is 0 Å². The summed E-state index contributed by atoms with van der Waals surface area (Å²) < 4.78 is 0.975. The lowest BCUT2D eigenvalue weighted by Crippen LogP contribution is -2.11. The number of hydrogen-bond donors (Lipinski definition) is 1. The summed E-state index contributed by atoms with van der Waals surface area (Å²) in [5, 5.41) is -0.398. The molecule has 0 aliphatic heterocycles. The van der Waals surface area contributed by atoms with Crippen LogP contribution in [0.15, 0.2) is 0 Å². The molecule has 0 fully saturated rings. The Kier molecular flexibility index (Phi) is 2.43. The van der Waals surface area contributed by atoms with Crippen molar-refractivity contribution in [1.82, 2.24) is 4.31 Å². The first-order valence-corrected chi connectivity index (χ1v) is 2.09. The van der Waals surface area contributed by atoms with Gasteiger partial charge in [0.05, 0.1) is 0 Å². The van der Waals surface area contributed by atoms with Crippen molar-refractivity contribution >= 4 is 30.7 Å². The van der Waals surface area contributed by atoms with Crippen LogP contribution >= 0.6 is 12.6 Å². The molecule has 0 aliphatic carbocycles. The molecule has 0 bridgehead atoms. The number of amides is 1. The third-order valence-corrected chi connectivity index (χ3v) is 0.871. The molecule has 6 heavy (non-hydrogen) atoms. The summed E-state index contributed by atoms with van der Waals surface area (Å²) in [6.45, 7) is 0. The maximum Gasteiger partial charge on any atom is 0.256 e. The van der Waals surface area contributed by atoms with Crippen LogP contribution < -0.4 is 0 Å². The van der Waals surface area contributed by atoms with Gasteiger partial charge in [-0.2, -0.15) is 0 Å². The fourth-order valence-corrected chi connectivity index (χ4v) is 0. The molecule has 0 aromatic rings. The zero-order valence-corrected chi connectivity index (χ0v) is 4.92. The average molecular weight is 122 g/mol. The Hall–Kier alpha value is 0.170. The van der Waals surface area contributed by atoms with Gasteiger partial charge in [-0.15, -0.1) is 0 Å². The first kappa shape index (κ1) is 6.17. The average Bonchev–Trinajstić information content (AvgIpc) is 1.36. The summed E-state index contributed by atoms with van der Waals surface area (Å²) >= 11 is 7.69. The van der Waals surface area contributed by atoms with E-state index >= 15 is 0 Å². The number of rotatable bonds is 0. The Morgan fingerprint density at radius 2 is 2.17 bits per heavy atom. The van der Waals surface area contributed by atoms with Crippen molar-refractivity contribution in [2.24, 2.45) is 0 Å². The molecule has 0 heterocycles. The van der Waals surface area contributed by atoms with Crippen molar-refractivity contribution in [1.29, 1.82) is 0 Å². The molecule has 0 aromatic carbocycles. The van der Waals surface area contributed by atoms with E-state index in [4.69, 9.17) is 0 Å². The van der Waals surface area contributed by atoms with E-state index in [0.29, 0.717) is 0 Å². The van der Waals surface area contributed by atoms with Crippen molar-refractivity contribution in [2.45, 2.75) is 0 Å². The fourth-order valence-electron chi connectivity index (χ4n) is 0. The zero-order valence-electron chi connectivity index (χ0n) is 3.21. The van der Waals surface area contributed by atoms with Crippen LogP contribution in [0.25, 0.3) is 0 Å². The number of carbonyl (C=O) groups excluding carboxylic acids is 1. The third-order valence-electron chi connectivity index (χ3n) is 0.269. The molecule has 0 spiro atoms. The molecule has 0 aromatic heterocycles. The van der Waals surface area contributed by atoms with Gasteiger partial charge in [0, 0.05) is 0 Å². The highest BCUT2D eigenvalue weighted by atomic mass is 32.1. The molecular formula is C2H4NOS2-. The van der Waals surface area contributed by atoms with Gasteiger partial charge in [-0.1, -0.05) is 12.6 Å². The number of carbonyl (C=O) groups is 1. The summed E-state index contributed by atoms with van der Waals surface area (Å²) in [7, 11) is 1.46. The Bertz CT molecular complexity index is 62.6. The molecule has 0 atom stereocenters. The van der Waals surface area contributed by atoms with E-state index in [2.05, 4.69) is 25.4 Å². The largest absolute Gasteiger partial charge is 0.664 e. The maximum absolute atomic E-state index is 9.83. The Balaban J connectivity index is 3.26. The molecular weight excluding hydrogens is 118 g/mol. The number of thiol groups is 1. The van der Waals surface area contributed by atoms with Gasteiger partial charge in [-0.05, 0) is 7.05 Å². The molecule has 0 radical (unpaired) electrons. The van der Waals surface area contributed by atoms with Gasteiger partial charge in [-0.3, -0.25) is 4.79 Å². The van der Waals surface area contributed by atoms with Gasteiger partial charge >= 0.3 is 0 Å². The van der Waals surface area contributed by atoms with Crippen molar-refractivity contribution in [2.75, 3.05) is 7.05 Å². The SMILES string of the molecule is CN([S-])C(=O)S. The van der Waals surface area contributed by atoms with Crippen LogP contribution in [0, 0.1) is 0 Å². The van der Waals surface area contributed by atoms with Crippen LogP contribution in [-0.4, -0.2) is 16.6 Å². The van der Waals surface area contributed by atoms with Gasteiger partial charge < -0.3 is 17.1 Å². The second-order valence-electron chi connectivity index (χ2n) is 0.780. The zero-order chi connectivity index (χ0) is 5.15. The molecule has 0 saturated carbocycles. The van der Waals surface area contributed by atoms with Crippen LogP contribution in [0.5, 0.6) is 0 Å². The maximum atomic E-state index is 9.83. The summed E-state index contributed by atoms with van der Waals surface area (Å²) in [5.41, 5.74) is 0. The quantitative estimate of drug-likeness (QED) is 0.371. The Labute approximate surface area is 47.5 Å². The molecule has 36 valence electrons. The molecule has 0 saturated heterocycles. The van der Waals surface area contributed by atoms with E-state index in [1.165, 1.54) is 7.05 Å². The Morgan fingerprint density at radius 3 is 2.17 bits per heavy atom. The van der Waals surface area contributed by atoms with Crippen LogP contribution in [0.2, 0.25) is 0 Å². The molecule has 0 unspecified atom stereocenters. The highest BCUT2D eigenvalue weighted by Gasteiger charge is 1.80. The minimum atomic E-state index is -0.398. The van der Waals surface area contributed by atoms with Crippen molar-refractivity contribution in [3.8, 4) is 0 Å². The second kappa shape index (κ2) is 2.36. The topological polar surface area (TPSA) is 20.3 Å². The summed E-state index contributed by atoms with van der Waals surface area (Å²) in [4.78, 5) is 9.83. The standard InChI is InChI=1S/C2H4NOS2/c1-3(6)2(4)5/h1H3,(H,4,5)/q-1. The highest BCUT2D eigenvalue weighted by molar-refractivity contribution is 7.97. The fraction of sp³-hybridized carbons (Fsp3) is 0.500. The van der Waals surface area contributed by atoms with Crippen LogP contribution in [0.4, 0.5) is 4.79 Å². The van der Waals surface area contributed by atoms with Crippen molar-refractivity contribution < 1.29 is 4.79 Å². The van der Waals surface area contributed by atoms with E-state index in [1.54, 1.807) is 0 Å². The molecule has 4 heteroatoms. The highest BCUT2D eigenvalue weighted by Crippen LogP contribution is 1.84. The van der Waals surface area contributed by atoms with Crippen LogP contribution in [-0.2, 0) is 12.8 Å². The summed E-state index contributed by atoms with van der Waals surface area (Å²) in [6.07, 6.45) is 0. The molecule has 0 aliphatic rings. The molecule has 1 amide bonds. The lowest BCUT2D eigenvalue weighted by atomic mass is 11.2. The number of hydrogen-bond acceptors (Lipinski definition) is 2. The Morgan fingerprint density at radius 1 is 2.00 bits per heavy atom. The lowest BCUT2D eigenvalue weighted by Gasteiger charge is -2.18. The van der Waals surface area contributed by atoms with E-state index in [0.717, 1.165) is 4.31 Å². The monoisotopic (exact) mass is 122 g/mol. The van der Waals surface area contributed by atoms with Crippen molar-refractivity contribution in [3.05, 3.63) is 0 Å². The lowest BCUT2D eigenvalue weighted by molar-refractivity contribution is 0.253. The van der Waals surface area contributed by atoms with Gasteiger partial charge in [0.2, 0.25) is 0 Å². The molecule has 0 rings (SSSR count). The van der Waals surface area contributed by atoms with Gasteiger partial charge in [0.1, 0.15) is 0 Å². The van der Waals surface area contributed by atoms with Crippen molar-refractivity contribution in [3.63, 3.8) is 0 Å².